The number of nitrogens with one attached hydrogen (secondary N) is 2. The largest absolute Gasteiger partial charge is 0.465 e. The third kappa shape index (κ3) is 4.73. The van der Waals surface area contributed by atoms with Crippen molar-refractivity contribution in [3.63, 3.8) is 0 Å². The van der Waals surface area contributed by atoms with Crippen molar-refractivity contribution in [1.29, 1.82) is 0 Å². The number of hydrogen-bond donors (Lipinski definition) is 2. The fourth-order valence-electron chi connectivity index (χ4n) is 6.16. The van der Waals surface area contributed by atoms with Gasteiger partial charge in [-0.15, -0.1) is 11.3 Å². The van der Waals surface area contributed by atoms with Crippen LogP contribution < -0.4 is 10.6 Å². The average Bonchev–Trinajstić information content (AvgIpc) is 3.24. The van der Waals surface area contributed by atoms with Crippen LogP contribution in [0.25, 0.3) is 0 Å². The van der Waals surface area contributed by atoms with Gasteiger partial charge in [0.25, 0.3) is 5.91 Å². The number of hydrogen-bond acceptors (Lipinski definition) is 6. The number of Topliss-reactive ketones (excluding diaryl/α,β-unsaturated/α-hetero) is 1. The van der Waals surface area contributed by atoms with Crippen molar-refractivity contribution in [2.75, 3.05) is 12.4 Å². The van der Waals surface area contributed by atoms with E-state index < -0.39 is 11.9 Å². The molecule has 1 atom stereocenters. The number of benzene rings is 1. The molecule has 0 unspecified atom stereocenters. The summed E-state index contributed by atoms with van der Waals surface area (Å²) in [7, 11) is 1.37. The van der Waals surface area contributed by atoms with Gasteiger partial charge in [0.05, 0.1) is 12.7 Å². The van der Waals surface area contributed by atoms with Crippen molar-refractivity contribution in [3.05, 3.63) is 73.9 Å². The van der Waals surface area contributed by atoms with Gasteiger partial charge < -0.3 is 15.4 Å². The zero-order valence-electron chi connectivity index (χ0n) is 22.9. The Morgan fingerprint density at radius 1 is 1.13 bits per heavy atom. The van der Waals surface area contributed by atoms with Crippen molar-refractivity contribution in [2.24, 2.45) is 5.41 Å². The Bertz CT molecular complexity index is 1380. The predicted octanol–water partition coefficient (Wildman–Crippen LogP) is 6.22. The SMILES string of the molecule is CCc1ccc([C@@H]2C(C(=O)Nc3sc4c(c3C(=O)OC)CCCC4)=C(C)NC3=C2C(=O)CC(C)(C)C3)cc1. The highest BCUT2D eigenvalue weighted by Gasteiger charge is 2.43. The molecule has 0 radical (unpaired) electrons. The van der Waals surface area contributed by atoms with Crippen molar-refractivity contribution < 1.29 is 19.1 Å². The van der Waals surface area contributed by atoms with Crippen molar-refractivity contribution in [1.82, 2.24) is 5.32 Å². The molecule has 1 aromatic carbocycles. The first-order chi connectivity index (χ1) is 18.1. The van der Waals surface area contributed by atoms with Gasteiger partial charge in [-0.1, -0.05) is 45.0 Å². The Morgan fingerprint density at radius 3 is 2.53 bits per heavy atom. The molecule has 0 saturated carbocycles. The van der Waals surface area contributed by atoms with Crippen molar-refractivity contribution >= 4 is 34.0 Å². The smallest absolute Gasteiger partial charge is 0.341 e. The van der Waals surface area contributed by atoms with Gasteiger partial charge in [0.2, 0.25) is 0 Å². The molecule has 0 bridgehead atoms. The normalized spacial score (nSPS) is 20.4. The molecule has 0 saturated heterocycles. The van der Waals surface area contributed by atoms with Crippen molar-refractivity contribution in [2.45, 2.75) is 78.6 Å². The summed E-state index contributed by atoms with van der Waals surface area (Å²) in [5.41, 5.74) is 6.29. The first-order valence-corrected chi connectivity index (χ1v) is 14.3. The number of anilines is 1. The van der Waals surface area contributed by atoms with E-state index >= 15 is 0 Å². The molecule has 2 N–H and O–H groups in total. The molecular weight excluding hydrogens is 496 g/mol. The van der Waals surface area contributed by atoms with Gasteiger partial charge in [-0.25, -0.2) is 4.79 Å². The maximum Gasteiger partial charge on any atom is 0.341 e. The molecule has 2 aromatic rings. The van der Waals surface area contributed by atoms with E-state index in [-0.39, 0.29) is 17.1 Å². The van der Waals surface area contributed by atoms with Gasteiger partial charge >= 0.3 is 5.97 Å². The number of ketones is 1. The molecule has 1 amide bonds. The fourth-order valence-corrected chi connectivity index (χ4v) is 7.43. The number of fused-ring (bicyclic) bond motifs is 1. The number of methoxy groups -OCH3 is 1. The lowest BCUT2D eigenvalue weighted by molar-refractivity contribution is -0.118. The van der Waals surface area contributed by atoms with E-state index in [0.717, 1.165) is 65.9 Å². The molecule has 6 nitrogen and oxygen atoms in total. The van der Waals surface area contributed by atoms with Crippen LogP contribution in [0.4, 0.5) is 5.00 Å². The summed E-state index contributed by atoms with van der Waals surface area (Å²) >= 11 is 1.47. The van der Waals surface area contributed by atoms with E-state index in [4.69, 9.17) is 4.74 Å². The summed E-state index contributed by atoms with van der Waals surface area (Å²) in [6, 6.07) is 8.22. The minimum Gasteiger partial charge on any atom is -0.465 e. The van der Waals surface area contributed by atoms with Crippen LogP contribution in [0.3, 0.4) is 0 Å². The summed E-state index contributed by atoms with van der Waals surface area (Å²) in [4.78, 5) is 41.6. The number of carbonyl (C=O) groups is 3. The Labute approximate surface area is 228 Å². The van der Waals surface area contributed by atoms with E-state index in [2.05, 4.69) is 43.5 Å². The number of amides is 1. The standard InChI is InChI=1S/C31H36N2O4S/c1-6-18-11-13-19(14-12-18)25-24(17(2)32-21-15-31(3,4)16-22(34)27(21)25)28(35)33-29-26(30(36)37-5)20-9-7-8-10-23(20)38-29/h11-14,25,32H,6-10,15-16H2,1-5H3,(H,33,35)/t25-/m1/s1. The Kier molecular flexibility index (Phi) is 7.07. The summed E-state index contributed by atoms with van der Waals surface area (Å²) in [6.07, 6.45) is 5.89. The second-order valence-corrected chi connectivity index (χ2v) is 12.5. The summed E-state index contributed by atoms with van der Waals surface area (Å²) in [5, 5.41) is 7.04. The molecule has 200 valence electrons. The number of allylic oxidation sites excluding steroid dienone is 3. The van der Waals surface area contributed by atoms with Crippen LogP contribution in [-0.2, 0) is 33.6 Å². The molecule has 7 heteroatoms. The minimum atomic E-state index is -0.475. The maximum atomic E-state index is 14.1. The van der Waals surface area contributed by atoms with Crippen LogP contribution >= 0.6 is 11.3 Å². The summed E-state index contributed by atoms with van der Waals surface area (Å²) < 4.78 is 5.11. The Balaban J connectivity index is 1.58. The van der Waals surface area contributed by atoms with Crippen LogP contribution in [0.5, 0.6) is 0 Å². The van der Waals surface area contributed by atoms with Gasteiger partial charge in [0.15, 0.2) is 5.78 Å². The average molecular weight is 533 g/mol. The first-order valence-electron chi connectivity index (χ1n) is 13.5. The maximum absolute atomic E-state index is 14.1. The van der Waals surface area contributed by atoms with Crippen LogP contribution in [0.15, 0.2) is 46.8 Å². The molecule has 1 aromatic heterocycles. The number of carbonyl (C=O) groups excluding carboxylic acids is 3. The molecule has 2 aliphatic carbocycles. The highest BCUT2D eigenvalue weighted by atomic mass is 32.1. The number of dihydropyridines is 1. The van der Waals surface area contributed by atoms with E-state index in [9.17, 15) is 14.4 Å². The fraction of sp³-hybridized carbons (Fsp3) is 0.452. The molecule has 1 aliphatic heterocycles. The predicted molar refractivity (Wildman–Crippen MR) is 150 cm³/mol. The molecule has 0 spiro atoms. The lowest BCUT2D eigenvalue weighted by Gasteiger charge is -2.39. The van der Waals surface area contributed by atoms with E-state index in [1.54, 1.807) is 0 Å². The molecular formula is C31H36N2O4S. The lowest BCUT2D eigenvalue weighted by atomic mass is 9.68. The van der Waals surface area contributed by atoms with Crippen LogP contribution in [0.2, 0.25) is 0 Å². The molecule has 2 heterocycles. The van der Waals surface area contributed by atoms with Crippen molar-refractivity contribution in [3.8, 4) is 0 Å². The quantitative estimate of drug-likeness (QED) is 0.447. The van der Waals surface area contributed by atoms with Gasteiger partial charge in [-0.05, 0) is 67.6 Å². The summed E-state index contributed by atoms with van der Waals surface area (Å²) in [5.74, 6) is -1.12. The molecule has 0 fully saturated rings. The number of thiophene rings is 1. The number of ether oxygens (including phenoxy) is 1. The number of rotatable bonds is 5. The first kappa shape index (κ1) is 26.4. The van der Waals surface area contributed by atoms with Crippen LogP contribution in [0, 0.1) is 5.41 Å². The van der Waals surface area contributed by atoms with Gasteiger partial charge in [-0.3, -0.25) is 9.59 Å². The second-order valence-electron chi connectivity index (χ2n) is 11.4. The zero-order chi connectivity index (χ0) is 27.2. The zero-order valence-corrected chi connectivity index (χ0v) is 23.7. The molecule has 5 rings (SSSR count). The van der Waals surface area contributed by atoms with E-state index in [1.807, 2.05) is 19.1 Å². The highest BCUT2D eigenvalue weighted by Crippen LogP contribution is 2.47. The lowest BCUT2D eigenvalue weighted by Crippen LogP contribution is -2.39. The Morgan fingerprint density at radius 2 is 1.84 bits per heavy atom. The third-order valence-corrected chi connectivity index (χ3v) is 9.20. The van der Waals surface area contributed by atoms with Gasteiger partial charge in [0, 0.05) is 39.8 Å². The van der Waals surface area contributed by atoms with Crippen LogP contribution in [0.1, 0.15) is 91.2 Å². The van der Waals surface area contributed by atoms with Gasteiger partial charge in [-0.2, -0.15) is 0 Å². The number of esters is 1. The van der Waals surface area contributed by atoms with E-state index in [1.165, 1.54) is 24.0 Å². The highest BCUT2D eigenvalue weighted by molar-refractivity contribution is 7.17. The van der Waals surface area contributed by atoms with Crippen LogP contribution in [-0.4, -0.2) is 24.8 Å². The monoisotopic (exact) mass is 532 g/mol. The Hall–Kier alpha value is -3.19. The molecule has 38 heavy (non-hydrogen) atoms. The summed E-state index contributed by atoms with van der Waals surface area (Å²) in [6.45, 7) is 8.22. The van der Waals surface area contributed by atoms with E-state index in [0.29, 0.717) is 28.1 Å². The second kappa shape index (κ2) is 10.2. The molecule has 3 aliphatic rings. The minimum absolute atomic E-state index is 0.0768. The number of aryl methyl sites for hydroxylation is 2. The van der Waals surface area contributed by atoms with Gasteiger partial charge in [0.1, 0.15) is 5.00 Å². The topological polar surface area (TPSA) is 84.5 Å². The third-order valence-electron chi connectivity index (χ3n) is 7.99.